The Labute approximate surface area is 128 Å². The molecule has 0 aliphatic rings. The fourth-order valence-corrected chi connectivity index (χ4v) is 1.92. The molecule has 2 aromatic rings. The summed E-state index contributed by atoms with van der Waals surface area (Å²) in [6.07, 6.45) is 0. The molecule has 2 aromatic carbocycles. The molecule has 0 spiro atoms. The molecule has 0 bridgehead atoms. The van der Waals surface area contributed by atoms with Crippen molar-refractivity contribution in [2.45, 2.75) is 0 Å². The number of benzene rings is 2. The lowest BCUT2D eigenvalue weighted by molar-refractivity contribution is 0.0696. The third-order valence-electron chi connectivity index (χ3n) is 2.60. The number of carbonyl (C=O) groups excluding carboxylic acids is 1. The molecule has 0 radical (unpaired) electrons. The van der Waals surface area contributed by atoms with Gasteiger partial charge in [-0.05, 0) is 65.1 Å². The summed E-state index contributed by atoms with van der Waals surface area (Å²) < 4.78 is 0.995. The number of aromatic hydroxyl groups is 1. The lowest BCUT2D eigenvalue weighted by Gasteiger charge is -2.08. The van der Waals surface area contributed by atoms with Crippen molar-refractivity contribution in [1.82, 2.24) is 0 Å². The van der Waals surface area contributed by atoms with Crippen molar-refractivity contribution in [3.63, 3.8) is 0 Å². The SMILES string of the molecule is O=C(O)c1ccc(O)c(NC(=O)c2ccc(I)cc2)c1. The number of carboxylic acid groups (broad SMARTS) is 1. The highest BCUT2D eigenvalue weighted by molar-refractivity contribution is 14.1. The number of halogens is 1. The number of phenolic OH excluding ortho intramolecular Hbond substituents is 1. The quantitative estimate of drug-likeness (QED) is 0.562. The summed E-state index contributed by atoms with van der Waals surface area (Å²) in [6.45, 7) is 0. The van der Waals surface area contributed by atoms with Gasteiger partial charge in [0.05, 0.1) is 11.3 Å². The van der Waals surface area contributed by atoms with E-state index in [9.17, 15) is 14.7 Å². The minimum Gasteiger partial charge on any atom is -0.506 e. The minimum atomic E-state index is -1.13. The molecule has 20 heavy (non-hydrogen) atoms. The van der Waals surface area contributed by atoms with Gasteiger partial charge in [0.1, 0.15) is 5.75 Å². The first-order valence-electron chi connectivity index (χ1n) is 5.60. The van der Waals surface area contributed by atoms with Crippen LogP contribution in [0.15, 0.2) is 42.5 Å². The van der Waals surface area contributed by atoms with Crippen LogP contribution in [0, 0.1) is 3.57 Å². The Balaban J connectivity index is 2.25. The molecule has 6 heteroatoms. The Morgan fingerprint density at radius 3 is 2.20 bits per heavy atom. The molecule has 102 valence electrons. The van der Waals surface area contributed by atoms with E-state index in [1.807, 2.05) is 0 Å². The Morgan fingerprint density at radius 1 is 1.00 bits per heavy atom. The molecule has 1 amide bonds. The van der Waals surface area contributed by atoms with Gasteiger partial charge in [-0.2, -0.15) is 0 Å². The van der Waals surface area contributed by atoms with Crippen molar-refractivity contribution < 1.29 is 19.8 Å². The number of hydrogen-bond donors (Lipinski definition) is 3. The number of nitrogens with one attached hydrogen (secondary N) is 1. The lowest BCUT2D eigenvalue weighted by Crippen LogP contribution is -2.12. The Bertz CT molecular complexity index is 667. The zero-order chi connectivity index (χ0) is 14.7. The molecule has 2 rings (SSSR count). The highest BCUT2D eigenvalue weighted by Gasteiger charge is 2.11. The number of carboxylic acids is 1. The summed E-state index contributed by atoms with van der Waals surface area (Å²) in [5.74, 6) is -1.73. The predicted molar refractivity (Wildman–Crippen MR) is 82.2 cm³/mol. The lowest BCUT2D eigenvalue weighted by atomic mass is 10.1. The van der Waals surface area contributed by atoms with E-state index in [1.165, 1.54) is 18.2 Å². The van der Waals surface area contributed by atoms with Gasteiger partial charge in [0.15, 0.2) is 0 Å². The second kappa shape index (κ2) is 5.91. The van der Waals surface area contributed by atoms with Gasteiger partial charge in [0, 0.05) is 9.13 Å². The number of amides is 1. The van der Waals surface area contributed by atoms with Crippen LogP contribution in [0.1, 0.15) is 20.7 Å². The van der Waals surface area contributed by atoms with E-state index in [-0.39, 0.29) is 17.0 Å². The van der Waals surface area contributed by atoms with Crippen LogP contribution in [0.4, 0.5) is 5.69 Å². The van der Waals surface area contributed by atoms with E-state index in [0.29, 0.717) is 5.56 Å². The van der Waals surface area contributed by atoms with Crippen LogP contribution in [-0.2, 0) is 0 Å². The molecule has 0 saturated heterocycles. The van der Waals surface area contributed by atoms with Gasteiger partial charge in [0.2, 0.25) is 0 Å². The average Bonchev–Trinajstić information content (AvgIpc) is 2.41. The van der Waals surface area contributed by atoms with E-state index < -0.39 is 11.9 Å². The van der Waals surface area contributed by atoms with Gasteiger partial charge in [-0.1, -0.05) is 0 Å². The fourth-order valence-electron chi connectivity index (χ4n) is 1.56. The number of rotatable bonds is 3. The first-order valence-corrected chi connectivity index (χ1v) is 6.68. The van der Waals surface area contributed by atoms with E-state index in [1.54, 1.807) is 24.3 Å². The van der Waals surface area contributed by atoms with Crippen LogP contribution in [-0.4, -0.2) is 22.1 Å². The third kappa shape index (κ3) is 3.27. The second-order valence-electron chi connectivity index (χ2n) is 4.00. The molecule has 0 saturated carbocycles. The van der Waals surface area contributed by atoms with Crippen LogP contribution in [0.3, 0.4) is 0 Å². The molecule has 0 unspecified atom stereocenters. The fraction of sp³-hybridized carbons (Fsp3) is 0. The van der Waals surface area contributed by atoms with Crippen molar-refractivity contribution in [2.75, 3.05) is 5.32 Å². The van der Waals surface area contributed by atoms with E-state index in [0.717, 1.165) is 3.57 Å². The molecule has 0 fully saturated rings. The topological polar surface area (TPSA) is 86.6 Å². The molecule has 0 aromatic heterocycles. The van der Waals surface area contributed by atoms with Crippen molar-refractivity contribution in [3.8, 4) is 5.75 Å². The molecule has 3 N–H and O–H groups in total. The minimum absolute atomic E-state index is 0.0132. The summed E-state index contributed by atoms with van der Waals surface area (Å²) in [5, 5.41) is 21.0. The first kappa shape index (κ1) is 14.3. The van der Waals surface area contributed by atoms with Crippen LogP contribution < -0.4 is 5.32 Å². The molecule has 0 atom stereocenters. The largest absolute Gasteiger partial charge is 0.506 e. The summed E-state index contributed by atoms with van der Waals surface area (Å²) in [5.41, 5.74) is 0.472. The van der Waals surface area contributed by atoms with E-state index in [2.05, 4.69) is 27.9 Å². The smallest absolute Gasteiger partial charge is 0.335 e. The Morgan fingerprint density at radius 2 is 1.60 bits per heavy atom. The number of aromatic carboxylic acids is 1. The van der Waals surface area contributed by atoms with Gasteiger partial charge in [-0.25, -0.2) is 4.79 Å². The Kier molecular flexibility index (Phi) is 4.23. The zero-order valence-electron chi connectivity index (χ0n) is 10.1. The summed E-state index contributed by atoms with van der Waals surface area (Å²) >= 11 is 2.12. The number of hydrogen-bond acceptors (Lipinski definition) is 3. The molecular weight excluding hydrogens is 373 g/mol. The van der Waals surface area contributed by atoms with Gasteiger partial charge in [-0.15, -0.1) is 0 Å². The van der Waals surface area contributed by atoms with Crippen LogP contribution in [0.2, 0.25) is 0 Å². The van der Waals surface area contributed by atoms with Gasteiger partial charge < -0.3 is 15.5 Å². The standard InChI is InChI=1S/C14H10INO4/c15-10-4-1-8(2-5-10)13(18)16-11-7-9(14(19)20)3-6-12(11)17/h1-7,17H,(H,16,18)(H,19,20). The summed E-state index contributed by atoms with van der Waals surface area (Å²) in [4.78, 5) is 22.8. The number of anilines is 1. The van der Waals surface area contributed by atoms with E-state index in [4.69, 9.17) is 5.11 Å². The highest BCUT2D eigenvalue weighted by Crippen LogP contribution is 2.25. The molecule has 0 heterocycles. The number of phenols is 1. The van der Waals surface area contributed by atoms with Crippen molar-refractivity contribution in [2.24, 2.45) is 0 Å². The maximum atomic E-state index is 12.0. The second-order valence-corrected chi connectivity index (χ2v) is 5.24. The maximum Gasteiger partial charge on any atom is 0.335 e. The zero-order valence-corrected chi connectivity index (χ0v) is 12.3. The summed E-state index contributed by atoms with van der Waals surface area (Å²) in [6, 6.07) is 10.6. The van der Waals surface area contributed by atoms with E-state index >= 15 is 0 Å². The monoisotopic (exact) mass is 383 g/mol. The average molecular weight is 383 g/mol. The van der Waals surface area contributed by atoms with Crippen molar-refractivity contribution in [3.05, 3.63) is 57.2 Å². The highest BCUT2D eigenvalue weighted by atomic mass is 127. The molecule has 0 aliphatic heterocycles. The van der Waals surface area contributed by atoms with Crippen LogP contribution >= 0.6 is 22.6 Å². The normalized spacial score (nSPS) is 10.1. The number of carbonyl (C=O) groups is 2. The maximum absolute atomic E-state index is 12.0. The van der Waals surface area contributed by atoms with Crippen molar-refractivity contribution >= 4 is 40.2 Å². The van der Waals surface area contributed by atoms with Gasteiger partial charge in [-0.3, -0.25) is 4.79 Å². The predicted octanol–water partition coefficient (Wildman–Crippen LogP) is 2.95. The van der Waals surface area contributed by atoms with Crippen molar-refractivity contribution in [1.29, 1.82) is 0 Å². The van der Waals surface area contributed by atoms with Gasteiger partial charge in [0.25, 0.3) is 5.91 Å². The van der Waals surface area contributed by atoms with Crippen LogP contribution in [0.25, 0.3) is 0 Å². The van der Waals surface area contributed by atoms with Gasteiger partial charge >= 0.3 is 5.97 Å². The van der Waals surface area contributed by atoms with Crippen LogP contribution in [0.5, 0.6) is 5.75 Å². The summed E-state index contributed by atoms with van der Waals surface area (Å²) in [7, 11) is 0. The molecule has 5 nitrogen and oxygen atoms in total. The Hall–Kier alpha value is -2.09. The molecule has 0 aliphatic carbocycles. The first-order chi connectivity index (χ1) is 9.47. The third-order valence-corrected chi connectivity index (χ3v) is 3.32. The molecular formula is C14H10INO4.